The molecule has 0 radical (unpaired) electrons. The Morgan fingerprint density at radius 1 is 1.55 bits per heavy atom. The van der Waals surface area contributed by atoms with Crippen LogP contribution in [0.4, 0.5) is 5.82 Å². The van der Waals surface area contributed by atoms with E-state index in [2.05, 4.69) is 15.3 Å². The third kappa shape index (κ3) is 3.58. The van der Waals surface area contributed by atoms with E-state index in [4.69, 9.17) is 5.73 Å². The smallest absolute Gasteiger partial charge is 0.239 e. The van der Waals surface area contributed by atoms with E-state index in [1.807, 2.05) is 31.5 Å². The molecule has 0 aromatic carbocycles. The van der Waals surface area contributed by atoms with Gasteiger partial charge in [-0.05, 0) is 39.7 Å². The van der Waals surface area contributed by atoms with E-state index >= 15 is 0 Å². The third-order valence-electron chi connectivity index (χ3n) is 3.85. The lowest BCUT2D eigenvalue weighted by Crippen LogP contribution is -2.34. The molecular formula is C14H25N5O. The summed E-state index contributed by atoms with van der Waals surface area (Å²) in [4.78, 5) is 14.3. The van der Waals surface area contributed by atoms with Gasteiger partial charge in [0.15, 0.2) is 0 Å². The number of aromatic nitrogens is 2. The average Bonchev–Trinajstić information content (AvgIpc) is 2.97. The Morgan fingerprint density at radius 3 is 2.90 bits per heavy atom. The van der Waals surface area contributed by atoms with E-state index in [9.17, 15) is 4.79 Å². The van der Waals surface area contributed by atoms with Crippen molar-refractivity contribution < 1.29 is 4.79 Å². The second-order valence-electron chi connectivity index (χ2n) is 5.95. The number of anilines is 1. The summed E-state index contributed by atoms with van der Waals surface area (Å²) >= 11 is 0. The molecule has 1 aliphatic heterocycles. The molecule has 0 saturated carbocycles. The summed E-state index contributed by atoms with van der Waals surface area (Å²) < 4.78 is 1.81. The molecule has 2 heterocycles. The van der Waals surface area contributed by atoms with Gasteiger partial charge in [-0.25, -0.2) is 4.68 Å². The van der Waals surface area contributed by atoms with Gasteiger partial charge in [-0.2, -0.15) is 5.10 Å². The van der Waals surface area contributed by atoms with Crippen molar-refractivity contribution in [3.05, 3.63) is 12.3 Å². The first-order valence-electron chi connectivity index (χ1n) is 7.28. The highest BCUT2D eigenvalue weighted by Gasteiger charge is 2.26. The zero-order valence-electron chi connectivity index (χ0n) is 12.5. The van der Waals surface area contributed by atoms with Gasteiger partial charge in [0.05, 0.1) is 12.7 Å². The number of hydrogen-bond donors (Lipinski definition) is 2. The van der Waals surface area contributed by atoms with Crippen molar-refractivity contribution in [2.24, 2.45) is 11.7 Å². The number of carbonyl (C=O) groups is 1. The number of carbonyl (C=O) groups excluding carboxylic acids is 1. The minimum atomic E-state index is 0.0118. The number of hydrogen-bond acceptors (Lipinski definition) is 4. The summed E-state index contributed by atoms with van der Waals surface area (Å²) in [6.45, 7) is 8.40. The Balaban J connectivity index is 1.86. The first-order chi connectivity index (χ1) is 9.47. The van der Waals surface area contributed by atoms with E-state index in [-0.39, 0.29) is 18.0 Å². The van der Waals surface area contributed by atoms with Gasteiger partial charge in [0.2, 0.25) is 5.91 Å². The highest BCUT2D eigenvalue weighted by atomic mass is 16.2. The lowest BCUT2D eigenvalue weighted by molar-refractivity contribution is -0.117. The molecule has 3 N–H and O–H groups in total. The van der Waals surface area contributed by atoms with Crippen LogP contribution in [-0.2, 0) is 4.79 Å². The van der Waals surface area contributed by atoms with Crippen LogP contribution in [0, 0.1) is 5.92 Å². The Labute approximate surface area is 120 Å². The topological polar surface area (TPSA) is 76.2 Å². The molecule has 1 fully saturated rings. The molecule has 20 heavy (non-hydrogen) atoms. The van der Waals surface area contributed by atoms with Crippen molar-refractivity contribution in [2.45, 2.75) is 39.3 Å². The normalized spacial score (nSPS) is 21.4. The molecule has 2 atom stereocenters. The molecule has 1 aromatic heterocycles. The monoisotopic (exact) mass is 279 g/mol. The number of nitrogens with two attached hydrogens (primary N) is 1. The molecule has 0 aliphatic carbocycles. The van der Waals surface area contributed by atoms with Gasteiger partial charge in [0, 0.05) is 24.7 Å². The van der Waals surface area contributed by atoms with Crippen molar-refractivity contribution in [2.75, 3.05) is 25.0 Å². The Kier molecular flexibility index (Phi) is 4.77. The largest absolute Gasteiger partial charge is 0.328 e. The van der Waals surface area contributed by atoms with Crippen LogP contribution < -0.4 is 11.1 Å². The van der Waals surface area contributed by atoms with Gasteiger partial charge in [0.1, 0.15) is 5.82 Å². The molecule has 112 valence electrons. The summed E-state index contributed by atoms with van der Waals surface area (Å²) in [5, 5.41) is 7.14. The van der Waals surface area contributed by atoms with Crippen molar-refractivity contribution >= 4 is 11.7 Å². The lowest BCUT2D eigenvalue weighted by Gasteiger charge is -2.18. The first-order valence-corrected chi connectivity index (χ1v) is 7.28. The summed E-state index contributed by atoms with van der Waals surface area (Å²) in [6.07, 6.45) is 2.78. The Morgan fingerprint density at radius 2 is 2.30 bits per heavy atom. The van der Waals surface area contributed by atoms with Crippen molar-refractivity contribution in [3.8, 4) is 0 Å². The summed E-state index contributed by atoms with van der Waals surface area (Å²) in [6, 6.07) is 2.26. The van der Waals surface area contributed by atoms with Crippen molar-refractivity contribution in [3.63, 3.8) is 0 Å². The SMILES string of the molecule is CC(N)C1CCN(CC(=O)Nc2ccnn2C(C)C)C1. The summed E-state index contributed by atoms with van der Waals surface area (Å²) in [5.41, 5.74) is 5.91. The lowest BCUT2D eigenvalue weighted by atomic mass is 10.0. The fourth-order valence-electron chi connectivity index (χ4n) is 2.65. The molecular weight excluding hydrogens is 254 g/mol. The fraction of sp³-hybridized carbons (Fsp3) is 0.714. The predicted molar refractivity (Wildman–Crippen MR) is 79.4 cm³/mol. The maximum absolute atomic E-state index is 12.1. The van der Waals surface area contributed by atoms with Crippen LogP contribution in [0.5, 0.6) is 0 Å². The first kappa shape index (κ1) is 15.0. The van der Waals surface area contributed by atoms with E-state index in [1.165, 1.54) is 0 Å². The van der Waals surface area contributed by atoms with Crippen LogP contribution in [0.1, 0.15) is 33.2 Å². The van der Waals surface area contributed by atoms with Gasteiger partial charge >= 0.3 is 0 Å². The minimum Gasteiger partial charge on any atom is -0.328 e. The molecule has 1 saturated heterocycles. The number of nitrogens with one attached hydrogen (secondary N) is 1. The number of likely N-dealkylation sites (tertiary alicyclic amines) is 1. The Bertz CT molecular complexity index is 454. The quantitative estimate of drug-likeness (QED) is 0.845. The van der Waals surface area contributed by atoms with E-state index in [0.29, 0.717) is 12.5 Å². The zero-order valence-corrected chi connectivity index (χ0v) is 12.5. The molecule has 1 amide bonds. The fourth-order valence-corrected chi connectivity index (χ4v) is 2.65. The average molecular weight is 279 g/mol. The standard InChI is InChI=1S/C14H25N5O/c1-10(2)19-13(4-6-16-19)17-14(20)9-18-7-5-12(8-18)11(3)15/h4,6,10-12H,5,7-9,15H2,1-3H3,(H,17,20). The number of rotatable bonds is 5. The van der Waals surface area contributed by atoms with Gasteiger partial charge in [0.25, 0.3) is 0 Å². The van der Waals surface area contributed by atoms with Gasteiger partial charge in [-0.15, -0.1) is 0 Å². The van der Waals surface area contributed by atoms with Crippen LogP contribution >= 0.6 is 0 Å². The van der Waals surface area contributed by atoms with Gasteiger partial charge < -0.3 is 11.1 Å². The number of nitrogens with zero attached hydrogens (tertiary/aromatic N) is 3. The van der Waals surface area contributed by atoms with Crippen LogP contribution in [0.2, 0.25) is 0 Å². The highest BCUT2D eigenvalue weighted by Crippen LogP contribution is 2.18. The second kappa shape index (κ2) is 6.37. The Hall–Kier alpha value is -1.40. The second-order valence-corrected chi connectivity index (χ2v) is 5.95. The van der Waals surface area contributed by atoms with Gasteiger partial charge in [-0.3, -0.25) is 9.69 Å². The van der Waals surface area contributed by atoms with Crippen LogP contribution in [-0.4, -0.2) is 46.3 Å². The van der Waals surface area contributed by atoms with Crippen LogP contribution in [0.3, 0.4) is 0 Å². The van der Waals surface area contributed by atoms with Crippen molar-refractivity contribution in [1.82, 2.24) is 14.7 Å². The van der Waals surface area contributed by atoms with Crippen LogP contribution in [0.25, 0.3) is 0 Å². The van der Waals surface area contributed by atoms with E-state index in [0.717, 1.165) is 25.3 Å². The molecule has 6 nitrogen and oxygen atoms in total. The number of amides is 1. The van der Waals surface area contributed by atoms with E-state index < -0.39 is 0 Å². The zero-order chi connectivity index (χ0) is 14.7. The molecule has 2 rings (SSSR count). The predicted octanol–water partition coefficient (Wildman–Crippen LogP) is 1.07. The highest BCUT2D eigenvalue weighted by molar-refractivity contribution is 5.91. The van der Waals surface area contributed by atoms with Crippen LogP contribution in [0.15, 0.2) is 12.3 Å². The molecule has 6 heteroatoms. The molecule has 0 bridgehead atoms. The third-order valence-corrected chi connectivity index (χ3v) is 3.85. The van der Waals surface area contributed by atoms with Crippen molar-refractivity contribution in [1.29, 1.82) is 0 Å². The molecule has 1 aromatic rings. The summed E-state index contributed by atoms with van der Waals surface area (Å²) in [5.74, 6) is 1.27. The molecule has 2 unspecified atom stereocenters. The molecule has 1 aliphatic rings. The maximum atomic E-state index is 12.1. The summed E-state index contributed by atoms with van der Waals surface area (Å²) in [7, 11) is 0. The van der Waals surface area contributed by atoms with E-state index in [1.54, 1.807) is 6.20 Å². The maximum Gasteiger partial charge on any atom is 0.239 e. The molecule has 0 spiro atoms. The minimum absolute atomic E-state index is 0.0118. The van der Waals surface area contributed by atoms with Gasteiger partial charge in [-0.1, -0.05) is 0 Å².